The third-order valence-corrected chi connectivity index (χ3v) is 3.28. The van der Waals surface area contributed by atoms with E-state index in [-0.39, 0.29) is 18.0 Å². The number of carbonyl (C=O) groups excluding carboxylic acids is 1. The van der Waals surface area contributed by atoms with Gasteiger partial charge < -0.3 is 15.4 Å². The van der Waals surface area contributed by atoms with Gasteiger partial charge in [0.1, 0.15) is 0 Å². The first-order chi connectivity index (χ1) is 8.02. The van der Waals surface area contributed by atoms with Crippen LogP contribution in [0.2, 0.25) is 0 Å². The molecule has 1 aliphatic rings. The predicted molar refractivity (Wildman–Crippen MR) is 67.8 cm³/mol. The lowest BCUT2D eigenvalue weighted by molar-refractivity contribution is -0.140. The van der Waals surface area contributed by atoms with Crippen LogP contribution >= 0.6 is 0 Å². The molecule has 5 heteroatoms. The molecule has 0 aromatic rings. The number of rotatable bonds is 5. The summed E-state index contributed by atoms with van der Waals surface area (Å²) >= 11 is 0. The Morgan fingerprint density at radius 1 is 1.41 bits per heavy atom. The number of ether oxygens (including phenoxy) is 1. The minimum absolute atomic E-state index is 0.0770. The standard InChI is InChI=1S/C12H25N3O2/c1-10(13)4-5-14(3)11(2)12(16)15-6-8-17-9-7-15/h10-11H,4-9,13H2,1-3H3. The Balaban J connectivity index is 2.38. The Bertz CT molecular complexity index is 240. The van der Waals surface area contributed by atoms with Gasteiger partial charge in [0.05, 0.1) is 19.3 Å². The van der Waals surface area contributed by atoms with Crippen molar-refractivity contribution in [1.29, 1.82) is 0 Å². The van der Waals surface area contributed by atoms with Crippen molar-refractivity contribution >= 4 is 5.91 Å². The van der Waals surface area contributed by atoms with E-state index in [1.54, 1.807) is 0 Å². The van der Waals surface area contributed by atoms with Crippen LogP contribution in [0.5, 0.6) is 0 Å². The van der Waals surface area contributed by atoms with Crippen molar-refractivity contribution in [3.63, 3.8) is 0 Å². The molecule has 0 bridgehead atoms. The molecule has 1 amide bonds. The molecule has 17 heavy (non-hydrogen) atoms. The van der Waals surface area contributed by atoms with Crippen molar-refractivity contribution in [2.24, 2.45) is 5.73 Å². The van der Waals surface area contributed by atoms with Gasteiger partial charge in [-0.15, -0.1) is 0 Å². The van der Waals surface area contributed by atoms with Crippen molar-refractivity contribution in [3.8, 4) is 0 Å². The first-order valence-electron chi connectivity index (χ1n) is 6.34. The van der Waals surface area contributed by atoms with Gasteiger partial charge in [-0.2, -0.15) is 0 Å². The van der Waals surface area contributed by atoms with Gasteiger partial charge >= 0.3 is 0 Å². The topological polar surface area (TPSA) is 58.8 Å². The van der Waals surface area contributed by atoms with E-state index in [2.05, 4.69) is 4.90 Å². The van der Waals surface area contributed by atoms with Crippen LogP contribution in [0.15, 0.2) is 0 Å². The van der Waals surface area contributed by atoms with Crippen molar-refractivity contribution < 1.29 is 9.53 Å². The molecule has 5 nitrogen and oxygen atoms in total. The summed E-state index contributed by atoms with van der Waals surface area (Å²) in [6.45, 7) is 7.54. The van der Waals surface area contributed by atoms with Crippen LogP contribution in [0, 0.1) is 0 Å². The summed E-state index contributed by atoms with van der Waals surface area (Å²) in [5.41, 5.74) is 5.72. The van der Waals surface area contributed by atoms with Gasteiger partial charge in [0.15, 0.2) is 0 Å². The minimum Gasteiger partial charge on any atom is -0.378 e. The average molecular weight is 243 g/mol. The van der Waals surface area contributed by atoms with E-state index in [0.717, 1.165) is 13.0 Å². The maximum absolute atomic E-state index is 12.2. The quantitative estimate of drug-likeness (QED) is 0.733. The highest BCUT2D eigenvalue weighted by molar-refractivity contribution is 5.81. The fourth-order valence-electron chi connectivity index (χ4n) is 1.84. The summed E-state index contributed by atoms with van der Waals surface area (Å²) in [6.07, 6.45) is 0.914. The van der Waals surface area contributed by atoms with Crippen LogP contribution in [-0.4, -0.2) is 67.7 Å². The largest absolute Gasteiger partial charge is 0.378 e. The Morgan fingerprint density at radius 3 is 2.53 bits per heavy atom. The molecule has 2 atom stereocenters. The fourth-order valence-corrected chi connectivity index (χ4v) is 1.84. The highest BCUT2D eigenvalue weighted by Crippen LogP contribution is 2.06. The van der Waals surface area contributed by atoms with Crippen molar-refractivity contribution in [2.75, 3.05) is 39.9 Å². The third kappa shape index (κ3) is 4.61. The van der Waals surface area contributed by atoms with Crippen LogP contribution in [0.4, 0.5) is 0 Å². The van der Waals surface area contributed by atoms with E-state index >= 15 is 0 Å². The van der Waals surface area contributed by atoms with Crippen LogP contribution in [0.25, 0.3) is 0 Å². The van der Waals surface area contributed by atoms with Crippen molar-refractivity contribution in [2.45, 2.75) is 32.4 Å². The second-order valence-corrected chi connectivity index (χ2v) is 4.86. The molecule has 100 valence electrons. The number of nitrogens with two attached hydrogens (primary N) is 1. The molecule has 0 aliphatic carbocycles. The lowest BCUT2D eigenvalue weighted by Gasteiger charge is -2.32. The molecule has 0 radical (unpaired) electrons. The van der Waals surface area contributed by atoms with E-state index in [0.29, 0.717) is 26.3 Å². The van der Waals surface area contributed by atoms with Crippen LogP contribution in [-0.2, 0) is 9.53 Å². The normalized spacial score (nSPS) is 20.4. The number of hydrogen-bond acceptors (Lipinski definition) is 4. The van der Waals surface area contributed by atoms with Crippen molar-refractivity contribution in [3.05, 3.63) is 0 Å². The molecule has 1 rings (SSSR count). The zero-order valence-corrected chi connectivity index (χ0v) is 11.2. The summed E-state index contributed by atoms with van der Waals surface area (Å²) in [5, 5.41) is 0. The van der Waals surface area contributed by atoms with E-state index in [1.807, 2.05) is 25.8 Å². The van der Waals surface area contributed by atoms with Gasteiger partial charge in [0.2, 0.25) is 5.91 Å². The Hall–Kier alpha value is -0.650. The second-order valence-electron chi connectivity index (χ2n) is 4.86. The van der Waals surface area contributed by atoms with Gasteiger partial charge in [-0.3, -0.25) is 9.69 Å². The molecule has 1 aliphatic heterocycles. The molecule has 0 saturated carbocycles. The highest BCUT2D eigenvalue weighted by Gasteiger charge is 2.24. The van der Waals surface area contributed by atoms with Crippen molar-refractivity contribution in [1.82, 2.24) is 9.80 Å². The molecular formula is C12H25N3O2. The summed E-state index contributed by atoms with van der Waals surface area (Å²) in [7, 11) is 1.98. The zero-order chi connectivity index (χ0) is 12.8. The Labute approximate surface area is 104 Å². The summed E-state index contributed by atoms with van der Waals surface area (Å²) < 4.78 is 5.25. The summed E-state index contributed by atoms with van der Waals surface area (Å²) in [5.74, 6) is 0.195. The van der Waals surface area contributed by atoms with Crippen LogP contribution in [0.1, 0.15) is 20.3 Å². The smallest absolute Gasteiger partial charge is 0.239 e. The zero-order valence-electron chi connectivity index (χ0n) is 11.2. The number of morpholine rings is 1. The number of carbonyl (C=O) groups is 1. The van der Waals surface area contributed by atoms with Gasteiger partial charge in [0.25, 0.3) is 0 Å². The average Bonchev–Trinajstić information content (AvgIpc) is 2.35. The third-order valence-electron chi connectivity index (χ3n) is 3.28. The maximum Gasteiger partial charge on any atom is 0.239 e. The van der Waals surface area contributed by atoms with Gasteiger partial charge in [-0.1, -0.05) is 0 Å². The molecule has 0 aromatic heterocycles. The first-order valence-corrected chi connectivity index (χ1v) is 6.34. The summed E-state index contributed by atoms with van der Waals surface area (Å²) in [6, 6.07) is 0.106. The van der Waals surface area contributed by atoms with Crippen LogP contribution < -0.4 is 5.73 Å². The maximum atomic E-state index is 12.2. The van der Waals surface area contributed by atoms with Gasteiger partial charge in [-0.05, 0) is 27.3 Å². The number of nitrogens with zero attached hydrogens (tertiary/aromatic N) is 2. The highest BCUT2D eigenvalue weighted by atomic mass is 16.5. The van der Waals surface area contributed by atoms with E-state index in [4.69, 9.17) is 10.5 Å². The monoisotopic (exact) mass is 243 g/mol. The molecular weight excluding hydrogens is 218 g/mol. The molecule has 1 saturated heterocycles. The van der Waals surface area contributed by atoms with E-state index in [1.165, 1.54) is 0 Å². The molecule has 0 aromatic carbocycles. The Morgan fingerprint density at radius 2 is 2.00 bits per heavy atom. The first kappa shape index (κ1) is 14.4. The molecule has 2 unspecified atom stereocenters. The minimum atomic E-state index is -0.0770. The van der Waals surface area contributed by atoms with E-state index < -0.39 is 0 Å². The van der Waals surface area contributed by atoms with Gasteiger partial charge in [-0.25, -0.2) is 0 Å². The van der Waals surface area contributed by atoms with E-state index in [9.17, 15) is 4.79 Å². The van der Waals surface area contributed by atoms with Crippen LogP contribution in [0.3, 0.4) is 0 Å². The molecule has 0 spiro atoms. The Kier molecular flexibility index (Phi) is 5.88. The number of likely N-dealkylation sites (N-methyl/N-ethyl adjacent to an activating group) is 1. The molecule has 1 heterocycles. The summed E-state index contributed by atoms with van der Waals surface area (Å²) in [4.78, 5) is 16.1. The second kappa shape index (κ2) is 6.93. The predicted octanol–water partition coefficient (Wildman–Crippen LogP) is -0.0972. The number of amides is 1. The lowest BCUT2D eigenvalue weighted by atomic mass is 10.2. The fraction of sp³-hybridized carbons (Fsp3) is 0.917. The van der Waals surface area contributed by atoms with Gasteiger partial charge in [0, 0.05) is 25.7 Å². The number of hydrogen-bond donors (Lipinski definition) is 1. The SMILES string of the molecule is CC(N)CCN(C)C(C)C(=O)N1CCOCC1. The molecule has 1 fully saturated rings. The lowest BCUT2D eigenvalue weighted by Crippen LogP contribution is -2.50. The molecule has 2 N–H and O–H groups in total.